The maximum atomic E-state index is 12.0. The minimum atomic E-state index is -4.38. The number of rotatable bonds is 2. The van der Waals surface area contributed by atoms with Crippen LogP contribution in [0, 0.1) is 0 Å². The van der Waals surface area contributed by atoms with Crippen molar-refractivity contribution in [2.75, 3.05) is 4.72 Å². The van der Waals surface area contributed by atoms with E-state index >= 15 is 0 Å². The van der Waals surface area contributed by atoms with Crippen LogP contribution in [0.25, 0.3) is 10.8 Å². The fourth-order valence-electron chi connectivity index (χ4n) is 2.36. The standard InChI is InChI=1S/C10H9N3O6S3/c11-20(14,15)7-4-8(21(12,16)17)10-9-5(7)2-1-3-6(9)22(18,19)13-10/h1-4,13H,(H2,11,14,15)(H2,12,16,17). The summed E-state index contributed by atoms with van der Waals surface area (Å²) < 4.78 is 72.9. The smallest absolute Gasteiger partial charge is 0.262 e. The van der Waals surface area contributed by atoms with E-state index in [0.717, 1.165) is 6.07 Å². The second-order valence-electron chi connectivity index (χ2n) is 4.62. The molecule has 22 heavy (non-hydrogen) atoms. The molecule has 0 bridgehead atoms. The predicted octanol–water partition coefficient (Wildman–Crippen LogP) is -0.751. The molecule has 1 aliphatic rings. The van der Waals surface area contributed by atoms with E-state index in [1.807, 2.05) is 0 Å². The van der Waals surface area contributed by atoms with E-state index in [1.165, 1.54) is 18.2 Å². The van der Waals surface area contributed by atoms with Crippen molar-refractivity contribution in [2.45, 2.75) is 14.7 Å². The first kappa shape index (κ1) is 15.2. The molecule has 0 aromatic heterocycles. The topological polar surface area (TPSA) is 166 Å². The normalized spacial score (nSPS) is 16.6. The van der Waals surface area contributed by atoms with Crippen molar-refractivity contribution < 1.29 is 25.3 Å². The van der Waals surface area contributed by atoms with Crippen LogP contribution >= 0.6 is 0 Å². The Morgan fingerprint density at radius 2 is 1.55 bits per heavy atom. The molecular weight excluding hydrogens is 354 g/mol. The van der Waals surface area contributed by atoms with E-state index in [-0.39, 0.29) is 21.4 Å². The summed E-state index contributed by atoms with van der Waals surface area (Å²) in [5.74, 6) is 0. The molecule has 0 fully saturated rings. The first-order valence-corrected chi connectivity index (χ1v) is 10.2. The van der Waals surface area contributed by atoms with Gasteiger partial charge in [0.25, 0.3) is 10.0 Å². The van der Waals surface area contributed by atoms with Crippen LogP contribution in [0.15, 0.2) is 39.0 Å². The lowest BCUT2D eigenvalue weighted by molar-refractivity contribution is 0.596. The number of nitrogens with two attached hydrogens (primary N) is 2. The van der Waals surface area contributed by atoms with Gasteiger partial charge >= 0.3 is 0 Å². The van der Waals surface area contributed by atoms with Crippen molar-refractivity contribution in [1.82, 2.24) is 0 Å². The molecule has 0 spiro atoms. The Labute approximate surface area is 126 Å². The van der Waals surface area contributed by atoms with Gasteiger partial charge in [-0.15, -0.1) is 0 Å². The van der Waals surface area contributed by atoms with Gasteiger partial charge in [-0.25, -0.2) is 35.5 Å². The van der Waals surface area contributed by atoms with Crippen molar-refractivity contribution in [3.05, 3.63) is 24.3 Å². The SMILES string of the molecule is NS(=O)(=O)c1cc(S(N)(=O)=O)c2cccc3c2c1NS3(=O)=O. The lowest BCUT2D eigenvalue weighted by atomic mass is 10.1. The van der Waals surface area contributed by atoms with Crippen molar-refractivity contribution in [2.24, 2.45) is 10.3 Å². The third-order valence-corrected chi connectivity index (χ3v) is 6.47. The Kier molecular flexibility index (Phi) is 2.88. The fraction of sp³-hybridized carbons (Fsp3) is 0. The highest BCUT2D eigenvalue weighted by atomic mass is 32.2. The fourth-order valence-corrected chi connectivity index (χ4v) is 5.31. The summed E-state index contributed by atoms with van der Waals surface area (Å²) in [5.41, 5.74) is -0.277. The molecule has 1 heterocycles. The Hall–Kier alpha value is -1.73. The van der Waals surface area contributed by atoms with Gasteiger partial charge in [-0.2, -0.15) is 0 Å². The van der Waals surface area contributed by atoms with Crippen LogP contribution < -0.4 is 15.0 Å². The van der Waals surface area contributed by atoms with Gasteiger partial charge in [-0.3, -0.25) is 4.72 Å². The van der Waals surface area contributed by atoms with Gasteiger partial charge in [-0.05, 0) is 12.1 Å². The lowest BCUT2D eigenvalue weighted by Gasteiger charge is -2.10. The molecule has 12 heteroatoms. The maximum absolute atomic E-state index is 12.0. The highest BCUT2D eigenvalue weighted by Gasteiger charge is 2.34. The predicted molar refractivity (Wildman–Crippen MR) is 77.5 cm³/mol. The van der Waals surface area contributed by atoms with Crippen LogP contribution in [0.2, 0.25) is 0 Å². The number of hydrogen-bond acceptors (Lipinski definition) is 6. The van der Waals surface area contributed by atoms with E-state index in [9.17, 15) is 25.3 Å². The van der Waals surface area contributed by atoms with Gasteiger partial charge in [0.05, 0.1) is 15.5 Å². The number of hydrogen-bond donors (Lipinski definition) is 3. The molecule has 0 saturated carbocycles. The summed E-state index contributed by atoms with van der Waals surface area (Å²) in [6.45, 7) is 0. The van der Waals surface area contributed by atoms with Crippen LogP contribution in [0.4, 0.5) is 5.69 Å². The largest absolute Gasteiger partial charge is 0.278 e. The second kappa shape index (κ2) is 4.17. The molecule has 0 radical (unpaired) electrons. The molecule has 0 atom stereocenters. The van der Waals surface area contributed by atoms with Crippen LogP contribution in [-0.2, 0) is 30.1 Å². The van der Waals surface area contributed by atoms with Gasteiger partial charge in [0, 0.05) is 10.8 Å². The van der Waals surface area contributed by atoms with Gasteiger partial charge < -0.3 is 0 Å². The van der Waals surface area contributed by atoms with Crippen LogP contribution in [0.3, 0.4) is 0 Å². The zero-order valence-electron chi connectivity index (χ0n) is 10.6. The van der Waals surface area contributed by atoms with Crippen LogP contribution in [0.1, 0.15) is 0 Å². The van der Waals surface area contributed by atoms with E-state index in [2.05, 4.69) is 4.72 Å². The third kappa shape index (κ3) is 2.07. The average molecular weight is 363 g/mol. The average Bonchev–Trinajstić information content (AvgIpc) is 2.60. The molecule has 0 saturated heterocycles. The van der Waals surface area contributed by atoms with Crippen molar-refractivity contribution >= 4 is 46.5 Å². The zero-order chi connectivity index (χ0) is 16.5. The number of anilines is 1. The zero-order valence-corrected chi connectivity index (χ0v) is 13.1. The summed E-state index contributed by atoms with van der Waals surface area (Å²) in [5, 5.41) is 10.1. The quantitative estimate of drug-likeness (QED) is 0.634. The van der Waals surface area contributed by atoms with Crippen LogP contribution in [0.5, 0.6) is 0 Å². The number of nitrogens with one attached hydrogen (secondary N) is 1. The second-order valence-corrected chi connectivity index (χ2v) is 9.33. The van der Waals surface area contributed by atoms with E-state index in [1.54, 1.807) is 0 Å². The molecule has 0 aliphatic carbocycles. The highest BCUT2D eigenvalue weighted by Crippen LogP contribution is 2.43. The molecule has 0 unspecified atom stereocenters. The summed E-state index contributed by atoms with van der Waals surface area (Å²) >= 11 is 0. The van der Waals surface area contributed by atoms with Gasteiger partial charge in [0.1, 0.15) is 4.90 Å². The minimum Gasteiger partial charge on any atom is -0.278 e. The Balaban J connectivity index is 2.69. The molecule has 9 nitrogen and oxygen atoms in total. The summed E-state index contributed by atoms with van der Waals surface area (Å²) in [6, 6.07) is 4.63. The highest BCUT2D eigenvalue weighted by molar-refractivity contribution is 7.94. The van der Waals surface area contributed by atoms with E-state index < -0.39 is 39.9 Å². The molecule has 118 valence electrons. The van der Waals surface area contributed by atoms with Gasteiger partial charge in [0.2, 0.25) is 20.0 Å². The van der Waals surface area contributed by atoms with Gasteiger partial charge in [-0.1, -0.05) is 12.1 Å². The van der Waals surface area contributed by atoms with E-state index in [4.69, 9.17) is 10.3 Å². The Bertz CT molecular complexity index is 1150. The minimum absolute atomic E-state index is 0.00373. The van der Waals surface area contributed by atoms with Gasteiger partial charge in [0.15, 0.2) is 0 Å². The molecule has 0 amide bonds. The van der Waals surface area contributed by atoms with Crippen LogP contribution in [-0.4, -0.2) is 25.3 Å². The Morgan fingerprint density at radius 3 is 2.09 bits per heavy atom. The first-order valence-electron chi connectivity index (χ1n) is 5.61. The third-order valence-electron chi connectivity index (χ3n) is 3.19. The summed E-state index contributed by atoms with van der Waals surface area (Å²) in [4.78, 5) is -1.41. The number of primary sulfonamides is 2. The molecular formula is C10H9N3O6S3. The summed E-state index contributed by atoms with van der Waals surface area (Å²) in [6.07, 6.45) is 0. The molecule has 3 rings (SSSR count). The summed E-state index contributed by atoms with van der Waals surface area (Å²) in [7, 11) is -12.7. The molecule has 2 aromatic carbocycles. The lowest BCUT2D eigenvalue weighted by Crippen LogP contribution is -2.18. The van der Waals surface area contributed by atoms with E-state index in [0.29, 0.717) is 0 Å². The number of benzene rings is 2. The molecule has 5 N–H and O–H groups in total. The monoisotopic (exact) mass is 363 g/mol. The Morgan fingerprint density at radius 1 is 0.955 bits per heavy atom. The van der Waals surface area contributed by atoms with Crippen molar-refractivity contribution in [1.29, 1.82) is 0 Å². The molecule has 2 aromatic rings. The van der Waals surface area contributed by atoms with Crippen molar-refractivity contribution in [3.8, 4) is 0 Å². The first-order chi connectivity index (χ1) is 9.93. The maximum Gasteiger partial charge on any atom is 0.262 e. The molecule has 1 aliphatic heterocycles. The number of sulfonamides is 3. The van der Waals surface area contributed by atoms with Crippen molar-refractivity contribution in [3.63, 3.8) is 0 Å².